The van der Waals surface area contributed by atoms with Gasteiger partial charge in [-0.05, 0) is 37.1 Å². The molecule has 1 amide bonds. The molecule has 0 spiro atoms. The minimum atomic E-state index is -0.133. The zero-order valence-electron chi connectivity index (χ0n) is 17.8. The molecule has 5 rings (SSSR count). The monoisotopic (exact) mass is 428 g/mol. The van der Waals surface area contributed by atoms with Crippen molar-refractivity contribution < 1.29 is 4.79 Å². The Morgan fingerprint density at radius 3 is 2.69 bits per heavy atom. The summed E-state index contributed by atoms with van der Waals surface area (Å²) in [6.07, 6.45) is 3.15. The van der Waals surface area contributed by atoms with E-state index in [1.54, 1.807) is 19.3 Å². The number of H-pyrrole nitrogens is 1. The zero-order chi connectivity index (χ0) is 22.1. The molecule has 0 bridgehead atoms. The highest BCUT2D eigenvalue weighted by atomic mass is 16.2. The van der Waals surface area contributed by atoms with Crippen LogP contribution in [0, 0.1) is 5.92 Å². The molecule has 1 aliphatic heterocycles. The fourth-order valence-electron chi connectivity index (χ4n) is 4.11. The van der Waals surface area contributed by atoms with Crippen LogP contribution in [-0.2, 0) is 11.8 Å². The van der Waals surface area contributed by atoms with Crippen molar-refractivity contribution in [2.45, 2.75) is 12.8 Å². The molecule has 1 fully saturated rings. The summed E-state index contributed by atoms with van der Waals surface area (Å²) >= 11 is 0. The van der Waals surface area contributed by atoms with Crippen molar-refractivity contribution in [3.63, 3.8) is 0 Å². The van der Waals surface area contributed by atoms with Crippen LogP contribution in [0.5, 0.6) is 0 Å². The Labute approximate surface area is 184 Å². The molecule has 162 valence electrons. The number of rotatable bonds is 4. The predicted molar refractivity (Wildman–Crippen MR) is 125 cm³/mol. The number of fused-ring (bicyclic) bond motifs is 1. The van der Waals surface area contributed by atoms with Gasteiger partial charge in [0.1, 0.15) is 5.82 Å². The Kier molecular flexibility index (Phi) is 5.18. The number of carbonyl (C=O) groups excluding carboxylic acids is 1. The van der Waals surface area contributed by atoms with Gasteiger partial charge < -0.3 is 15.2 Å². The number of nitrogens with one attached hydrogen (secondary N) is 2. The second-order valence-corrected chi connectivity index (χ2v) is 8.11. The second-order valence-electron chi connectivity index (χ2n) is 8.11. The van der Waals surface area contributed by atoms with Gasteiger partial charge in [-0.15, -0.1) is 0 Å². The van der Waals surface area contributed by atoms with Gasteiger partial charge in [0.15, 0.2) is 0 Å². The van der Waals surface area contributed by atoms with Gasteiger partial charge in [0.2, 0.25) is 5.91 Å². The van der Waals surface area contributed by atoms with Gasteiger partial charge in [0.25, 0.3) is 5.56 Å². The lowest BCUT2D eigenvalue weighted by Crippen LogP contribution is -2.39. The average Bonchev–Trinajstić information content (AvgIpc) is 3.26. The molecule has 32 heavy (non-hydrogen) atoms. The summed E-state index contributed by atoms with van der Waals surface area (Å²) < 4.78 is 1.31. The molecule has 8 heteroatoms. The number of aryl methyl sites for hydroxylation is 1. The van der Waals surface area contributed by atoms with Crippen molar-refractivity contribution in [1.29, 1.82) is 0 Å². The maximum absolute atomic E-state index is 12.9. The molecule has 0 saturated carbocycles. The van der Waals surface area contributed by atoms with E-state index in [4.69, 9.17) is 0 Å². The number of aromatic amines is 1. The zero-order valence-corrected chi connectivity index (χ0v) is 17.8. The van der Waals surface area contributed by atoms with Gasteiger partial charge in [-0.1, -0.05) is 24.3 Å². The summed E-state index contributed by atoms with van der Waals surface area (Å²) in [7, 11) is 1.63. The van der Waals surface area contributed by atoms with E-state index in [1.165, 1.54) is 4.68 Å². The topological polar surface area (TPSA) is 95.9 Å². The standard InChI is InChI=1S/C24H24N6O2/c1-29-22(31)14-19(15-25-29)30-11-9-16(10-12-30)24(32)26-18-6-4-5-17(13-18)23-27-20-7-2-3-8-21(20)28-23/h2-8,13-16H,9-12H2,1H3,(H,26,32)(H,27,28). The first-order valence-corrected chi connectivity index (χ1v) is 10.7. The number of nitrogens with zero attached hydrogens (tertiary/aromatic N) is 4. The Bertz CT molecular complexity index is 1300. The molecular weight excluding hydrogens is 404 g/mol. The number of benzene rings is 2. The number of imidazole rings is 1. The van der Waals surface area contributed by atoms with E-state index in [9.17, 15) is 9.59 Å². The number of amides is 1. The molecule has 0 atom stereocenters. The van der Waals surface area contributed by atoms with Crippen LogP contribution in [0.3, 0.4) is 0 Å². The minimum absolute atomic E-state index is 0.0218. The molecule has 1 aliphatic rings. The van der Waals surface area contributed by atoms with Gasteiger partial charge in [-0.2, -0.15) is 5.10 Å². The van der Waals surface area contributed by atoms with Crippen molar-refractivity contribution in [2.24, 2.45) is 13.0 Å². The van der Waals surface area contributed by atoms with Crippen LogP contribution in [0.25, 0.3) is 22.4 Å². The van der Waals surface area contributed by atoms with Crippen molar-refractivity contribution in [3.8, 4) is 11.4 Å². The predicted octanol–water partition coefficient (Wildman–Crippen LogP) is 3.18. The van der Waals surface area contributed by atoms with E-state index in [2.05, 4.69) is 25.3 Å². The van der Waals surface area contributed by atoms with Crippen molar-refractivity contribution in [1.82, 2.24) is 19.7 Å². The molecule has 1 saturated heterocycles. The summed E-state index contributed by atoms with van der Waals surface area (Å²) in [6, 6.07) is 17.2. The lowest BCUT2D eigenvalue weighted by Gasteiger charge is -2.32. The van der Waals surface area contributed by atoms with Crippen molar-refractivity contribution in [2.75, 3.05) is 23.3 Å². The third-order valence-corrected chi connectivity index (χ3v) is 5.98. The van der Waals surface area contributed by atoms with Crippen LogP contribution in [0.2, 0.25) is 0 Å². The smallest absolute Gasteiger partial charge is 0.268 e. The first kappa shape index (κ1) is 20.0. The lowest BCUT2D eigenvalue weighted by atomic mass is 9.95. The molecule has 4 aromatic rings. The van der Waals surface area contributed by atoms with Crippen molar-refractivity contribution >= 4 is 28.3 Å². The largest absolute Gasteiger partial charge is 0.370 e. The van der Waals surface area contributed by atoms with E-state index in [0.29, 0.717) is 13.1 Å². The Balaban J connectivity index is 1.24. The van der Waals surface area contributed by atoms with Gasteiger partial charge in [-0.3, -0.25) is 9.59 Å². The quantitative estimate of drug-likeness (QED) is 0.521. The first-order valence-electron chi connectivity index (χ1n) is 10.7. The van der Waals surface area contributed by atoms with E-state index in [1.807, 2.05) is 48.5 Å². The number of aromatic nitrogens is 4. The molecule has 8 nitrogen and oxygen atoms in total. The molecule has 2 N–H and O–H groups in total. The first-order chi connectivity index (χ1) is 15.6. The highest BCUT2D eigenvalue weighted by Crippen LogP contribution is 2.26. The number of piperidine rings is 1. The third kappa shape index (κ3) is 3.99. The lowest BCUT2D eigenvalue weighted by molar-refractivity contribution is -0.120. The molecule has 0 radical (unpaired) electrons. The van der Waals surface area contributed by atoms with Crippen LogP contribution in [0.15, 0.2) is 65.6 Å². The van der Waals surface area contributed by atoms with E-state index in [-0.39, 0.29) is 17.4 Å². The van der Waals surface area contributed by atoms with Crippen LogP contribution < -0.4 is 15.8 Å². The van der Waals surface area contributed by atoms with E-state index < -0.39 is 0 Å². The number of hydrogen-bond acceptors (Lipinski definition) is 5. The van der Waals surface area contributed by atoms with Gasteiger partial charge in [0.05, 0.1) is 22.9 Å². The highest BCUT2D eigenvalue weighted by Gasteiger charge is 2.25. The fraction of sp³-hybridized carbons (Fsp3) is 0.250. The summed E-state index contributed by atoms with van der Waals surface area (Å²) in [4.78, 5) is 34.8. The maximum atomic E-state index is 12.9. The van der Waals surface area contributed by atoms with Crippen LogP contribution in [0.1, 0.15) is 12.8 Å². The molecule has 3 heterocycles. The van der Waals surface area contributed by atoms with E-state index in [0.717, 1.165) is 46.6 Å². The van der Waals surface area contributed by atoms with Crippen LogP contribution in [0.4, 0.5) is 11.4 Å². The number of hydrogen-bond donors (Lipinski definition) is 2. The third-order valence-electron chi connectivity index (χ3n) is 5.98. The normalized spacial score (nSPS) is 14.6. The molecule has 2 aromatic carbocycles. The molecule has 2 aromatic heterocycles. The van der Waals surface area contributed by atoms with Crippen LogP contribution in [-0.4, -0.2) is 38.7 Å². The molecule has 0 unspecified atom stereocenters. The second kappa shape index (κ2) is 8.30. The average molecular weight is 428 g/mol. The van der Waals surface area contributed by atoms with Crippen LogP contribution >= 0.6 is 0 Å². The number of carbonyl (C=O) groups is 1. The maximum Gasteiger partial charge on any atom is 0.268 e. The SMILES string of the molecule is Cn1ncc(N2CCC(C(=O)Nc3cccc(-c4nc5ccccc5[nH]4)c3)CC2)cc1=O. The van der Waals surface area contributed by atoms with E-state index >= 15 is 0 Å². The number of anilines is 2. The summed E-state index contributed by atoms with van der Waals surface area (Å²) in [5.74, 6) is 0.729. The van der Waals surface area contributed by atoms with Crippen molar-refractivity contribution in [3.05, 3.63) is 71.1 Å². The summed E-state index contributed by atoms with van der Waals surface area (Å²) in [5.41, 5.74) is 4.25. The fourth-order valence-corrected chi connectivity index (χ4v) is 4.11. The van der Waals surface area contributed by atoms with Gasteiger partial charge >= 0.3 is 0 Å². The number of para-hydroxylation sites is 2. The van der Waals surface area contributed by atoms with Gasteiger partial charge in [-0.25, -0.2) is 9.67 Å². The highest BCUT2D eigenvalue weighted by molar-refractivity contribution is 5.93. The minimum Gasteiger partial charge on any atom is -0.370 e. The molecular formula is C24H24N6O2. The Morgan fingerprint density at radius 2 is 1.91 bits per heavy atom. The Hall–Kier alpha value is -3.94. The van der Waals surface area contributed by atoms with Gasteiger partial charge in [0, 0.05) is 43.4 Å². The summed E-state index contributed by atoms with van der Waals surface area (Å²) in [6.45, 7) is 1.43. The summed E-state index contributed by atoms with van der Waals surface area (Å²) in [5, 5.41) is 7.15. The Morgan fingerprint density at radius 1 is 1.09 bits per heavy atom. The molecule has 0 aliphatic carbocycles.